The predicted octanol–water partition coefficient (Wildman–Crippen LogP) is 6.19. The number of piperidine rings is 1. The SMILES string of the molecule is COc1ccc2ncc(N(C)C)c(C(F)CCC3(CC(=O)O)CCN(CCNc4cc(F)cc(F)c4F)CC3)c2c1. The highest BCUT2D eigenvalue weighted by atomic mass is 19.2. The molecule has 3 aromatic rings. The Bertz CT molecular complexity index is 1380. The van der Waals surface area contributed by atoms with Gasteiger partial charge in [0.25, 0.3) is 0 Å². The number of likely N-dealkylation sites (tertiary alicyclic amines) is 1. The number of carboxylic acids is 1. The van der Waals surface area contributed by atoms with Crippen LogP contribution in [0.15, 0.2) is 36.5 Å². The smallest absolute Gasteiger partial charge is 0.303 e. The van der Waals surface area contributed by atoms with Crippen LogP contribution >= 0.6 is 0 Å². The van der Waals surface area contributed by atoms with E-state index in [-0.39, 0.29) is 25.1 Å². The van der Waals surface area contributed by atoms with Gasteiger partial charge >= 0.3 is 5.97 Å². The molecule has 0 amide bonds. The van der Waals surface area contributed by atoms with E-state index in [1.807, 2.05) is 19.0 Å². The van der Waals surface area contributed by atoms with Crippen molar-refractivity contribution >= 4 is 28.2 Å². The van der Waals surface area contributed by atoms with Crippen molar-refractivity contribution < 1.29 is 32.2 Å². The molecule has 41 heavy (non-hydrogen) atoms. The van der Waals surface area contributed by atoms with Gasteiger partial charge in [-0.2, -0.15) is 0 Å². The lowest BCUT2D eigenvalue weighted by Crippen LogP contribution is -2.43. The van der Waals surface area contributed by atoms with Gasteiger partial charge in [-0.05, 0) is 62.4 Å². The average molecular weight is 577 g/mol. The normalized spacial score (nSPS) is 16.0. The molecule has 2 heterocycles. The van der Waals surface area contributed by atoms with Gasteiger partial charge in [-0.15, -0.1) is 0 Å². The number of rotatable bonds is 12. The summed E-state index contributed by atoms with van der Waals surface area (Å²) in [6.07, 6.45) is 1.89. The Morgan fingerprint density at radius 2 is 1.93 bits per heavy atom. The number of methoxy groups -OCH3 is 1. The quantitative estimate of drug-likeness (QED) is 0.197. The van der Waals surface area contributed by atoms with Crippen LogP contribution in [0.3, 0.4) is 0 Å². The molecule has 1 unspecified atom stereocenters. The van der Waals surface area contributed by atoms with Crippen LogP contribution in [0.5, 0.6) is 5.75 Å². The Balaban J connectivity index is 1.43. The van der Waals surface area contributed by atoms with Crippen LogP contribution in [0.1, 0.15) is 43.8 Å². The molecule has 1 aromatic heterocycles. The van der Waals surface area contributed by atoms with Crippen LogP contribution in [-0.4, -0.2) is 68.3 Å². The van der Waals surface area contributed by atoms with Gasteiger partial charge in [0.15, 0.2) is 11.6 Å². The third-order valence-electron chi connectivity index (χ3n) is 8.00. The number of hydrogen-bond acceptors (Lipinski definition) is 6. The second kappa shape index (κ2) is 12.9. The summed E-state index contributed by atoms with van der Waals surface area (Å²) in [4.78, 5) is 20.2. The first-order valence-electron chi connectivity index (χ1n) is 13.6. The van der Waals surface area contributed by atoms with E-state index in [1.54, 1.807) is 31.5 Å². The first-order chi connectivity index (χ1) is 19.5. The zero-order valence-corrected chi connectivity index (χ0v) is 23.5. The third-order valence-corrected chi connectivity index (χ3v) is 8.00. The Kier molecular flexibility index (Phi) is 9.57. The molecule has 2 N–H and O–H groups in total. The summed E-state index contributed by atoms with van der Waals surface area (Å²) in [5.74, 6) is -3.59. The molecule has 1 aliphatic heterocycles. The highest BCUT2D eigenvalue weighted by Gasteiger charge is 2.37. The Morgan fingerprint density at radius 3 is 2.59 bits per heavy atom. The summed E-state index contributed by atoms with van der Waals surface area (Å²) in [6.45, 7) is 1.88. The average Bonchev–Trinajstić information content (AvgIpc) is 2.94. The molecule has 0 bridgehead atoms. The molecule has 222 valence electrons. The monoisotopic (exact) mass is 576 g/mol. The largest absolute Gasteiger partial charge is 0.497 e. The van der Waals surface area contributed by atoms with E-state index in [0.717, 1.165) is 6.07 Å². The number of alkyl halides is 1. The minimum atomic E-state index is -1.35. The number of aromatic nitrogens is 1. The van der Waals surface area contributed by atoms with Crippen molar-refractivity contribution in [2.75, 3.05) is 57.6 Å². The first kappa shape index (κ1) is 30.4. The summed E-state index contributed by atoms with van der Waals surface area (Å²) in [5, 5.41) is 13.1. The summed E-state index contributed by atoms with van der Waals surface area (Å²) in [5.41, 5.74) is 0.997. The van der Waals surface area contributed by atoms with E-state index in [9.17, 15) is 23.1 Å². The van der Waals surface area contributed by atoms with Crippen LogP contribution in [0, 0.1) is 22.9 Å². The highest BCUT2D eigenvalue weighted by Crippen LogP contribution is 2.44. The number of anilines is 2. The number of benzene rings is 2. The molecule has 1 aliphatic rings. The fraction of sp³-hybridized carbons (Fsp3) is 0.467. The van der Waals surface area contributed by atoms with Gasteiger partial charge in [0, 0.05) is 50.3 Å². The number of nitrogens with one attached hydrogen (secondary N) is 1. The van der Waals surface area contributed by atoms with E-state index in [2.05, 4.69) is 15.2 Å². The van der Waals surface area contributed by atoms with E-state index in [4.69, 9.17) is 4.74 Å². The lowest BCUT2D eigenvalue weighted by Gasteiger charge is -2.41. The topological polar surface area (TPSA) is 77.9 Å². The zero-order valence-electron chi connectivity index (χ0n) is 23.5. The van der Waals surface area contributed by atoms with Gasteiger partial charge in [-0.3, -0.25) is 9.78 Å². The number of carbonyl (C=O) groups is 1. The Morgan fingerprint density at radius 1 is 1.20 bits per heavy atom. The molecule has 4 rings (SSSR count). The van der Waals surface area contributed by atoms with Crippen molar-refractivity contribution in [1.82, 2.24) is 9.88 Å². The van der Waals surface area contributed by atoms with Crippen molar-refractivity contribution in [1.29, 1.82) is 0 Å². The molecule has 11 heteroatoms. The molecule has 0 spiro atoms. The lowest BCUT2D eigenvalue weighted by atomic mass is 9.71. The van der Waals surface area contributed by atoms with Crippen molar-refractivity contribution in [3.63, 3.8) is 0 Å². The number of hydrogen-bond donors (Lipinski definition) is 2. The molecule has 1 saturated heterocycles. The second-order valence-corrected chi connectivity index (χ2v) is 10.9. The number of aliphatic carboxylic acids is 1. The summed E-state index contributed by atoms with van der Waals surface area (Å²) < 4.78 is 62.3. The summed E-state index contributed by atoms with van der Waals surface area (Å²) in [7, 11) is 5.21. The van der Waals surface area contributed by atoms with E-state index < -0.39 is 35.0 Å². The summed E-state index contributed by atoms with van der Waals surface area (Å²) in [6, 6.07) is 6.74. The van der Waals surface area contributed by atoms with Crippen molar-refractivity contribution in [3.05, 3.63) is 59.5 Å². The number of fused-ring (bicyclic) bond motifs is 1. The third kappa shape index (κ3) is 7.19. The standard InChI is InChI=1S/C30H36F4N4O3/c1-37(2)26-18-36-24-5-4-20(41-3)16-21(24)28(26)22(32)6-7-30(17-27(39)40)8-11-38(12-9-30)13-10-35-25-15-19(31)14-23(33)29(25)34/h4-5,14-16,18,22,35H,6-13,17H2,1-3H3,(H,39,40). The van der Waals surface area contributed by atoms with E-state index in [1.165, 1.54) is 0 Å². The number of ether oxygens (including phenoxy) is 1. The molecule has 0 radical (unpaired) electrons. The van der Waals surface area contributed by atoms with Crippen molar-refractivity contribution in [2.24, 2.45) is 5.41 Å². The number of carboxylic acid groups (broad SMARTS) is 1. The minimum absolute atomic E-state index is 0.0644. The fourth-order valence-electron chi connectivity index (χ4n) is 5.69. The summed E-state index contributed by atoms with van der Waals surface area (Å²) >= 11 is 0. The van der Waals surface area contributed by atoms with Gasteiger partial charge in [-0.25, -0.2) is 17.6 Å². The van der Waals surface area contributed by atoms with E-state index in [0.29, 0.717) is 72.9 Å². The molecule has 0 aliphatic carbocycles. The molecule has 2 aromatic carbocycles. The maximum atomic E-state index is 16.1. The van der Waals surface area contributed by atoms with E-state index >= 15 is 4.39 Å². The maximum absolute atomic E-state index is 16.1. The van der Waals surface area contributed by atoms with Crippen molar-refractivity contribution in [3.8, 4) is 5.75 Å². The molecular weight excluding hydrogens is 540 g/mol. The number of pyridine rings is 1. The molecule has 7 nitrogen and oxygen atoms in total. The Labute approximate surface area is 237 Å². The second-order valence-electron chi connectivity index (χ2n) is 10.9. The minimum Gasteiger partial charge on any atom is -0.497 e. The van der Waals surface area contributed by atoms with Crippen LogP contribution in [0.25, 0.3) is 10.9 Å². The molecular formula is C30H36F4N4O3. The lowest BCUT2D eigenvalue weighted by molar-refractivity contribution is -0.141. The molecule has 1 atom stereocenters. The van der Waals surface area contributed by atoms with Gasteiger partial charge in [-0.1, -0.05) is 0 Å². The van der Waals surface area contributed by atoms with Crippen LogP contribution < -0.4 is 15.0 Å². The molecule has 0 saturated carbocycles. The highest BCUT2D eigenvalue weighted by molar-refractivity contribution is 5.88. The fourth-order valence-corrected chi connectivity index (χ4v) is 5.69. The van der Waals surface area contributed by atoms with Gasteiger partial charge < -0.3 is 25.0 Å². The predicted molar refractivity (Wildman–Crippen MR) is 151 cm³/mol. The number of halogens is 4. The van der Waals surface area contributed by atoms with Crippen LogP contribution in [0.2, 0.25) is 0 Å². The first-order valence-corrected chi connectivity index (χ1v) is 13.6. The maximum Gasteiger partial charge on any atom is 0.303 e. The van der Waals surface area contributed by atoms with Crippen LogP contribution in [-0.2, 0) is 4.79 Å². The van der Waals surface area contributed by atoms with Gasteiger partial charge in [0.05, 0.1) is 36.6 Å². The Hall–Kier alpha value is -3.60. The zero-order chi connectivity index (χ0) is 29.7. The van der Waals surface area contributed by atoms with Crippen LogP contribution in [0.4, 0.5) is 28.9 Å². The molecule has 1 fully saturated rings. The van der Waals surface area contributed by atoms with Gasteiger partial charge in [0.2, 0.25) is 0 Å². The number of nitrogens with zero attached hydrogens (tertiary/aromatic N) is 3. The van der Waals surface area contributed by atoms with Gasteiger partial charge in [0.1, 0.15) is 17.7 Å². The van der Waals surface area contributed by atoms with Crippen molar-refractivity contribution in [2.45, 2.75) is 38.3 Å².